The highest BCUT2D eigenvalue weighted by Crippen LogP contribution is 2.29. The summed E-state index contributed by atoms with van der Waals surface area (Å²) in [5.41, 5.74) is 19.0. The normalized spacial score (nSPS) is 13.7. The van der Waals surface area contributed by atoms with Crippen molar-refractivity contribution in [2.45, 2.75) is 31.5 Å². The van der Waals surface area contributed by atoms with Crippen molar-refractivity contribution < 1.29 is 9.84 Å². The molecule has 0 radical (unpaired) electrons. The number of nitrogens with zero attached hydrogens (tertiary/aromatic N) is 3. The number of aromatic nitrogens is 1. The number of aliphatic hydroxyl groups excluding tert-OH is 1. The van der Waals surface area contributed by atoms with Gasteiger partial charge in [-0.15, -0.1) is 0 Å². The zero-order valence-corrected chi connectivity index (χ0v) is 16.4. The molecule has 150 valence electrons. The summed E-state index contributed by atoms with van der Waals surface area (Å²) >= 11 is 0. The molecule has 0 bridgehead atoms. The highest BCUT2D eigenvalue weighted by atomic mass is 16.5. The van der Waals surface area contributed by atoms with Gasteiger partial charge in [0.15, 0.2) is 5.96 Å². The van der Waals surface area contributed by atoms with Crippen molar-refractivity contribution in [3.63, 3.8) is 0 Å². The number of aliphatic imine (C=N–C) groups is 1. The van der Waals surface area contributed by atoms with E-state index in [2.05, 4.69) is 9.89 Å². The molecule has 0 aliphatic heterocycles. The molecule has 0 fully saturated rings. The second-order valence-corrected chi connectivity index (χ2v) is 7.02. The van der Waals surface area contributed by atoms with Crippen LogP contribution in [-0.2, 0) is 6.42 Å². The van der Waals surface area contributed by atoms with E-state index >= 15 is 0 Å². The predicted molar refractivity (Wildman–Crippen MR) is 110 cm³/mol. The monoisotopic (exact) mass is 376 g/mol. The van der Waals surface area contributed by atoms with E-state index in [0.717, 1.165) is 35.2 Å². The lowest BCUT2D eigenvalue weighted by molar-refractivity contribution is 0.0762. The quantitative estimate of drug-likeness (QED) is 0.273. The third-order valence-corrected chi connectivity index (χ3v) is 4.61. The van der Waals surface area contributed by atoms with Gasteiger partial charge >= 0.3 is 0 Å². The smallest absolute Gasteiger partial charge is 0.185 e. The Morgan fingerprint density at radius 1 is 1.33 bits per heavy atom. The fraction of sp³-hybridized carbons (Fsp3) is 0.526. The molecule has 0 aliphatic rings. The summed E-state index contributed by atoms with van der Waals surface area (Å²) in [6.07, 6.45) is 3.36. The summed E-state index contributed by atoms with van der Waals surface area (Å²) in [6.45, 7) is 1.41. The number of guanidine groups is 1. The van der Waals surface area contributed by atoms with Gasteiger partial charge < -0.3 is 36.5 Å². The van der Waals surface area contributed by atoms with Gasteiger partial charge in [-0.1, -0.05) is 0 Å². The first kappa shape index (κ1) is 21.0. The van der Waals surface area contributed by atoms with Gasteiger partial charge in [0, 0.05) is 30.7 Å². The molecule has 0 saturated heterocycles. The SMILES string of the molecule is COc1ccc2c(c1)c(CCN(C)C)cn2C(O)C(N)CCCN=C(N)N. The third kappa shape index (κ3) is 5.59. The molecule has 7 N–H and O–H groups in total. The maximum atomic E-state index is 10.8. The summed E-state index contributed by atoms with van der Waals surface area (Å²) in [5.74, 6) is 0.863. The van der Waals surface area contributed by atoms with Crippen LogP contribution in [0.25, 0.3) is 10.9 Å². The summed E-state index contributed by atoms with van der Waals surface area (Å²) in [6, 6.07) is 5.45. The van der Waals surface area contributed by atoms with Gasteiger partial charge in [-0.25, -0.2) is 0 Å². The summed E-state index contributed by atoms with van der Waals surface area (Å²) in [7, 11) is 5.74. The Balaban J connectivity index is 2.23. The van der Waals surface area contributed by atoms with E-state index in [-0.39, 0.29) is 5.96 Å². The van der Waals surface area contributed by atoms with Crippen LogP contribution < -0.4 is 21.9 Å². The first-order valence-corrected chi connectivity index (χ1v) is 9.14. The number of ether oxygens (including phenoxy) is 1. The largest absolute Gasteiger partial charge is 0.497 e. The zero-order chi connectivity index (χ0) is 20.0. The number of fused-ring (bicyclic) bond motifs is 1. The topological polar surface area (TPSA) is 128 Å². The van der Waals surface area contributed by atoms with Gasteiger partial charge in [0.1, 0.15) is 12.0 Å². The molecule has 1 aromatic carbocycles. The first-order valence-electron chi connectivity index (χ1n) is 9.14. The number of aliphatic hydroxyl groups is 1. The fourth-order valence-electron chi connectivity index (χ4n) is 3.08. The van der Waals surface area contributed by atoms with Crippen molar-refractivity contribution in [2.75, 3.05) is 34.3 Å². The van der Waals surface area contributed by atoms with Crippen molar-refractivity contribution in [1.82, 2.24) is 9.47 Å². The van der Waals surface area contributed by atoms with Crippen LogP contribution in [-0.4, -0.2) is 60.9 Å². The highest BCUT2D eigenvalue weighted by molar-refractivity contribution is 5.85. The standard InChI is InChI=1S/C19H32N6O2/c1-24(2)10-8-13-12-25(17-7-6-14(27-3)11-15(13)17)18(26)16(20)5-4-9-23-19(21)22/h6-7,11-12,16,18,26H,4-5,8-10,20H2,1-3H3,(H4,21,22,23). The Hall–Kier alpha value is -2.29. The van der Waals surface area contributed by atoms with Gasteiger partial charge in [0.2, 0.25) is 0 Å². The van der Waals surface area contributed by atoms with Crippen LogP contribution in [0, 0.1) is 0 Å². The van der Waals surface area contributed by atoms with Crippen molar-refractivity contribution in [2.24, 2.45) is 22.2 Å². The summed E-state index contributed by atoms with van der Waals surface area (Å²) < 4.78 is 7.22. The molecule has 8 nitrogen and oxygen atoms in total. The molecule has 2 unspecified atom stereocenters. The van der Waals surface area contributed by atoms with Gasteiger partial charge in [0.25, 0.3) is 0 Å². The first-order chi connectivity index (χ1) is 12.8. The molecule has 2 rings (SSSR count). The molecule has 1 heterocycles. The average Bonchev–Trinajstić information content (AvgIpc) is 3.00. The number of rotatable bonds is 10. The minimum absolute atomic E-state index is 0.0694. The van der Waals surface area contributed by atoms with E-state index in [0.29, 0.717) is 19.4 Å². The minimum Gasteiger partial charge on any atom is -0.497 e. The average molecular weight is 377 g/mol. The van der Waals surface area contributed by atoms with E-state index in [1.165, 1.54) is 0 Å². The van der Waals surface area contributed by atoms with Gasteiger partial charge in [-0.3, -0.25) is 4.99 Å². The van der Waals surface area contributed by atoms with Crippen molar-refractivity contribution in [1.29, 1.82) is 0 Å². The highest BCUT2D eigenvalue weighted by Gasteiger charge is 2.20. The minimum atomic E-state index is -0.826. The van der Waals surface area contributed by atoms with Gasteiger partial charge in [-0.05, 0) is 57.1 Å². The van der Waals surface area contributed by atoms with Crippen LogP contribution in [0.3, 0.4) is 0 Å². The van der Waals surface area contributed by atoms with E-state index in [1.807, 2.05) is 43.1 Å². The lowest BCUT2D eigenvalue weighted by Gasteiger charge is -2.21. The maximum Gasteiger partial charge on any atom is 0.185 e. The van der Waals surface area contributed by atoms with Gasteiger partial charge in [0.05, 0.1) is 12.6 Å². The predicted octanol–water partition coefficient (Wildman–Crippen LogP) is 0.626. The number of hydrogen-bond acceptors (Lipinski definition) is 5. The number of nitrogens with two attached hydrogens (primary N) is 3. The Kier molecular flexibility index (Phi) is 7.46. The summed E-state index contributed by atoms with van der Waals surface area (Å²) in [4.78, 5) is 6.09. The molecule has 2 atom stereocenters. The van der Waals surface area contributed by atoms with Crippen molar-refractivity contribution in [3.05, 3.63) is 30.0 Å². The Morgan fingerprint density at radius 2 is 2.07 bits per heavy atom. The van der Waals surface area contributed by atoms with Crippen LogP contribution in [0.15, 0.2) is 29.4 Å². The second-order valence-electron chi connectivity index (χ2n) is 7.02. The van der Waals surface area contributed by atoms with Crippen LogP contribution in [0.5, 0.6) is 5.75 Å². The number of likely N-dealkylation sites (N-methyl/N-ethyl adjacent to an activating group) is 1. The van der Waals surface area contributed by atoms with Crippen LogP contribution in [0.1, 0.15) is 24.6 Å². The molecule has 1 aromatic heterocycles. The third-order valence-electron chi connectivity index (χ3n) is 4.61. The van der Waals surface area contributed by atoms with Crippen LogP contribution in [0.4, 0.5) is 0 Å². The summed E-state index contributed by atoms with van der Waals surface area (Å²) in [5, 5.41) is 11.9. The maximum absolute atomic E-state index is 10.8. The molecule has 0 saturated carbocycles. The number of benzene rings is 1. The fourth-order valence-corrected chi connectivity index (χ4v) is 3.08. The molecule has 0 spiro atoms. The van der Waals surface area contributed by atoms with E-state index in [4.69, 9.17) is 21.9 Å². The molecule has 0 amide bonds. The molecule has 0 aliphatic carbocycles. The Morgan fingerprint density at radius 3 is 2.70 bits per heavy atom. The lowest BCUT2D eigenvalue weighted by atomic mass is 10.1. The number of methoxy groups -OCH3 is 1. The Labute approximate surface area is 160 Å². The van der Waals surface area contributed by atoms with Crippen molar-refractivity contribution >= 4 is 16.9 Å². The van der Waals surface area contributed by atoms with Crippen LogP contribution >= 0.6 is 0 Å². The molecule has 27 heavy (non-hydrogen) atoms. The van der Waals surface area contributed by atoms with Crippen LogP contribution in [0.2, 0.25) is 0 Å². The van der Waals surface area contributed by atoms with E-state index in [9.17, 15) is 5.11 Å². The molecule has 8 heteroatoms. The van der Waals surface area contributed by atoms with Crippen molar-refractivity contribution in [3.8, 4) is 5.75 Å². The molecular formula is C19H32N6O2. The number of hydrogen-bond donors (Lipinski definition) is 4. The van der Waals surface area contributed by atoms with Gasteiger partial charge in [-0.2, -0.15) is 0 Å². The van der Waals surface area contributed by atoms with E-state index in [1.54, 1.807) is 7.11 Å². The molecule has 2 aromatic rings. The Bertz CT molecular complexity index is 767. The second kappa shape index (κ2) is 9.59. The zero-order valence-electron chi connectivity index (χ0n) is 16.4. The van der Waals surface area contributed by atoms with E-state index < -0.39 is 12.3 Å². The molecular weight excluding hydrogens is 344 g/mol. The lowest BCUT2D eigenvalue weighted by Crippen LogP contribution is -2.32.